The summed E-state index contributed by atoms with van der Waals surface area (Å²) >= 11 is 0. The Balaban J connectivity index is 1.87. The third-order valence-electron chi connectivity index (χ3n) is 5.22. The molecule has 2 aromatic heterocycles. The number of fused-ring (bicyclic) bond motifs is 1. The smallest absolute Gasteiger partial charge is 0.228 e. The summed E-state index contributed by atoms with van der Waals surface area (Å²) in [4.78, 5) is 11.9. The Morgan fingerprint density at radius 2 is 1.69 bits per heavy atom. The molecule has 1 fully saturated rings. The number of hydrogen-bond acceptors (Lipinski definition) is 5. The molecule has 26 heavy (non-hydrogen) atoms. The van der Waals surface area contributed by atoms with Gasteiger partial charge in [-0.05, 0) is 30.7 Å². The van der Waals surface area contributed by atoms with Crippen molar-refractivity contribution >= 4 is 22.8 Å². The van der Waals surface area contributed by atoms with Crippen molar-refractivity contribution < 1.29 is 0 Å². The van der Waals surface area contributed by atoms with Gasteiger partial charge in [-0.2, -0.15) is 10.1 Å². The molecule has 1 saturated heterocycles. The second kappa shape index (κ2) is 6.59. The molecule has 0 atom stereocenters. The third-order valence-corrected chi connectivity index (χ3v) is 5.22. The monoisotopic (exact) mass is 350 g/mol. The van der Waals surface area contributed by atoms with Crippen LogP contribution in [0.15, 0.2) is 24.3 Å². The maximum Gasteiger partial charge on any atom is 0.228 e. The van der Waals surface area contributed by atoms with Crippen LogP contribution in [0.2, 0.25) is 0 Å². The number of rotatable bonds is 3. The van der Waals surface area contributed by atoms with Gasteiger partial charge < -0.3 is 10.6 Å². The Morgan fingerprint density at radius 1 is 1.00 bits per heavy atom. The summed E-state index contributed by atoms with van der Waals surface area (Å²) in [5, 5.41) is 5.35. The summed E-state index contributed by atoms with van der Waals surface area (Å²) in [5.74, 6) is 1.87. The summed E-state index contributed by atoms with van der Waals surface area (Å²) in [5.41, 5.74) is 10.2. The summed E-state index contributed by atoms with van der Waals surface area (Å²) < 4.78 is 1.69. The zero-order chi connectivity index (χ0) is 18.3. The van der Waals surface area contributed by atoms with Crippen LogP contribution in [-0.4, -0.2) is 32.8 Å². The molecule has 6 heteroatoms. The molecule has 136 valence electrons. The number of nitrogens with zero attached hydrogens (tertiary/aromatic N) is 5. The number of aromatic nitrogens is 4. The molecular formula is C20H26N6. The highest BCUT2D eigenvalue weighted by Gasteiger charge is 2.21. The molecular weight excluding hydrogens is 324 g/mol. The van der Waals surface area contributed by atoms with Gasteiger partial charge in [0.2, 0.25) is 5.95 Å². The van der Waals surface area contributed by atoms with Crippen LogP contribution in [0.25, 0.3) is 22.3 Å². The molecule has 0 radical (unpaired) electrons. The largest absolute Gasteiger partial charge is 0.383 e. The van der Waals surface area contributed by atoms with E-state index in [0.29, 0.717) is 17.4 Å². The van der Waals surface area contributed by atoms with Crippen molar-refractivity contribution in [1.29, 1.82) is 0 Å². The minimum atomic E-state index is 0.502. The van der Waals surface area contributed by atoms with E-state index in [-0.39, 0.29) is 0 Å². The van der Waals surface area contributed by atoms with E-state index >= 15 is 0 Å². The zero-order valence-electron chi connectivity index (χ0n) is 15.7. The highest BCUT2D eigenvalue weighted by Crippen LogP contribution is 2.33. The number of aryl methyl sites for hydroxylation is 1. The molecule has 0 aliphatic carbocycles. The maximum atomic E-state index is 6.29. The SMILES string of the molecule is CC(C)c1ccc(-c2nc(N3CCCCC3)nc3nn(C)c(N)c23)cc1. The van der Waals surface area contributed by atoms with Gasteiger partial charge in [-0.1, -0.05) is 38.1 Å². The Labute approximate surface area is 154 Å². The average Bonchev–Trinajstić information content (AvgIpc) is 2.96. The van der Waals surface area contributed by atoms with Crippen molar-refractivity contribution in [2.45, 2.75) is 39.0 Å². The topological polar surface area (TPSA) is 72.9 Å². The molecule has 6 nitrogen and oxygen atoms in total. The standard InChI is InChI=1S/C20H26N6/c1-13(2)14-7-9-15(10-8-14)17-16-18(21)25(3)24-19(16)23-20(22-17)26-11-5-4-6-12-26/h7-10,13H,4-6,11-12,21H2,1-3H3. The van der Waals surface area contributed by atoms with Gasteiger partial charge in [0.15, 0.2) is 5.65 Å². The highest BCUT2D eigenvalue weighted by molar-refractivity contribution is 5.98. The number of hydrogen-bond donors (Lipinski definition) is 1. The van der Waals surface area contributed by atoms with E-state index in [4.69, 9.17) is 15.7 Å². The van der Waals surface area contributed by atoms with Gasteiger partial charge >= 0.3 is 0 Å². The van der Waals surface area contributed by atoms with Crippen LogP contribution in [0.5, 0.6) is 0 Å². The van der Waals surface area contributed by atoms with Gasteiger partial charge in [0.1, 0.15) is 5.82 Å². The summed E-state index contributed by atoms with van der Waals surface area (Å²) in [6.45, 7) is 6.40. The van der Waals surface area contributed by atoms with E-state index in [1.165, 1.54) is 24.8 Å². The number of piperidine rings is 1. The minimum Gasteiger partial charge on any atom is -0.383 e. The predicted octanol–water partition coefficient (Wildman–Crippen LogP) is 3.73. The molecule has 1 aliphatic heterocycles. The van der Waals surface area contributed by atoms with Crippen molar-refractivity contribution in [2.75, 3.05) is 23.7 Å². The first-order valence-electron chi connectivity index (χ1n) is 9.40. The van der Waals surface area contributed by atoms with E-state index in [1.54, 1.807) is 4.68 Å². The third kappa shape index (κ3) is 2.89. The molecule has 3 aromatic rings. The number of nitrogen functional groups attached to an aromatic ring is 1. The Morgan fingerprint density at radius 3 is 2.35 bits per heavy atom. The lowest BCUT2D eigenvalue weighted by Crippen LogP contribution is -2.31. The van der Waals surface area contributed by atoms with Crippen molar-refractivity contribution in [3.8, 4) is 11.3 Å². The molecule has 0 bridgehead atoms. The number of nitrogens with two attached hydrogens (primary N) is 1. The lowest BCUT2D eigenvalue weighted by atomic mass is 10.00. The Kier molecular flexibility index (Phi) is 4.26. The van der Waals surface area contributed by atoms with Crippen LogP contribution in [0.3, 0.4) is 0 Å². The molecule has 1 aliphatic rings. The lowest BCUT2D eigenvalue weighted by molar-refractivity contribution is 0.569. The van der Waals surface area contributed by atoms with Gasteiger partial charge in [0.05, 0.1) is 11.1 Å². The predicted molar refractivity (Wildman–Crippen MR) is 106 cm³/mol. The van der Waals surface area contributed by atoms with Crippen LogP contribution in [0.1, 0.15) is 44.6 Å². The molecule has 4 rings (SSSR count). The van der Waals surface area contributed by atoms with Gasteiger partial charge in [-0.25, -0.2) is 4.98 Å². The summed E-state index contributed by atoms with van der Waals surface area (Å²) in [7, 11) is 1.85. The maximum absolute atomic E-state index is 6.29. The molecule has 2 N–H and O–H groups in total. The number of anilines is 2. The molecule has 0 unspecified atom stereocenters. The first-order valence-corrected chi connectivity index (χ1v) is 9.40. The van der Waals surface area contributed by atoms with Crippen LogP contribution >= 0.6 is 0 Å². The lowest BCUT2D eigenvalue weighted by Gasteiger charge is -2.26. The fourth-order valence-corrected chi connectivity index (χ4v) is 3.57. The van der Waals surface area contributed by atoms with E-state index in [9.17, 15) is 0 Å². The van der Waals surface area contributed by atoms with Crippen molar-refractivity contribution in [2.24, 2.45) is 7.05 Å². The van der Waals surface area contributed by atoms with E-state index < -0.39 is 0 Å². The van der Waals surface area contributed by atoms with Crippen LogP contribution in [0.4, 0.5) is 11.8 Å². The molecule has 3 heterocycles. The second-order valence-corrected chi connectivity index (χ2v) is 7.40. The summed E-state index contributed by atoms with van der Waals surface area (Å²) in [6, 6.07) is 8.59. The van der Waals surface area contributed by atoms with Crippen LogP contribution in [0, 0.1) is 0 Å². The van der Waals surface area contributed by atoms with E-state index in [1.807, 2.05) is 7.05 Å². The normalized spacial score (nSPS) is 15.2. The molecule has 0 saturated carbocycles. The molecule has 0 amide bonds. The van der Waals surface area contributed by atoms with Crippen molar-refractivity contribution in [3.05, 3.63) is 29.8 Å². The first kappa shape index (κ1) is 16.8. The van der Waals surface area contributed by atoms with Crippen LogP contribution < -0.4 is 10.6 Å². The fourth-order valence-electron chi connectivity index (χ4n) is 3.57. The number of benzene rings is 1. The Hall–Kier alpha value is -2.63. The van der Waals surface area contributed by atoms with E-state index in [0.717, 1.165) is 35.7 Å². The minimum absolute atomic E-state index is 0.502. The Bertz CT molecular complexity index is 920. The van der Waals surface area contributed by atoms with Gasteiger partial charge in [0.25, 0.3) is 0 Å². The van der Waals surface area contributed by atoms with E-state index in [2.05, 4.69) is 48.1 Å². The summed E-state index contributed by atoms with van der Waals surface area (Å²) in [6.07, 6.45) is 3.65. The fraction of sp³-hybridized carbons (Fsp3) is 0.450. The molecule has 0 spiro atoms. The highest BCUT2D eigenvalue weighted by atomic mass is 15.3. The van der Waals surface area contributed by atoms with Gasteiger partial charge in [0, 0.05) is 25.7 Å². The van der Waals surface area contributed by atoms with Gasteiger partial charge in [-0.3, -0.25) is 4.68 Å². The van der Waals surface area contributed by atoms with Crippen molar-refractivity contribution in [1.82, 2.24) is 19.7 Å². The van der Waals surface area contributed by atoms with Crippen LogP contribution in [-0.2, 0) is 7.05 Å². The average molecular weight is 350 g/mol. The second-order valence-electron chi connectivity index (χ2n) is 7.40. The van der Waals surface area contributed by atoms with Gasteiger partial charge in [-0.15, -0.1) is 0 Å². The molecule has 1 aromatic carbocycles. The quantitative estimate of drug-likeness (QED) is 0.779. The van der Waals surface area contributed by atoms with Crippen molar-refractivity contribution in [3.63, 3.8) is 0 Å². The zero-order valence-corrected chi connectivity index (χ0v) is 15.7. The first-order chi connectivity index (χ1) is 12.5.